The number of hydrogen-bond donors (Lipinski definition) is 2. The van der Waals surface area contributed by atoms with Crippen LogP contribution in [0.15, 0.2) is 29.8 Å². The van der Waals surface area contributed by atoms with Crippen molar-refractivity contribution in [3.8, 4) is 0 Å². The first kappa shape index (κ1) is 37.5. The second-order valence-corrected chi connectivity index (χ2v) is 14.9. The van der Waals surface area contributed by atoms with E-state index in [0.29, 0.717) is 30.6 Å². The molecule has 0 radical (unpaired) electrons. The van der Waals surface area contributed by atoms with Crippen molar-refractivity contribution < 1.29 is 23.6 Å². The summed E-state index contributed by atoms with van der Waals surface area (Å²) in [6.45, 7) is 17.0. The van der Waals surface area contributed by atoms with Crippen molar-refractivity contribution in [2.75, 3.05) is 25.5 Å². The maximum absolute atomic E-state index is 14.1. The van der Waals surface area contributed by atoms with E-state index in [4.69, 9.17) is 11.6 Å². The van der Waals surface area contributed by atoms with Gasteiger partial charge in [-0.1, -0.05) is 58.7 Å². The highest BCUT2D eigenvalue weighted by molar-refractivity contribution is 6.31. The molecule has 3 rings (SSSR count). The summed E-state index contributed by atoms with van der Waals surface area (Å²) >= 11 is 5.87. The van der Waals surface area contributed by atoms with Crippen LogP contribution >= 0.6 is 11.6 Å². The van der Waals surface area contributed by atoms with Crippen LogP contribution in [0.25, 0.3) is 0 Å². The monoisotopic (exact) mass is 661 g/mol. The van der Waals surface area contributed by atoms with Gasteiger partial charge in [0.2, 0.25) is 23.6 Å². The van der Waals surface area contributed by atoms with Gasteiger partial charge in [-0.15, -0.1) is 0 Å². The lowest BCUT2D eigenvalue weighted by Gasteiger charge is -2.41. The van der Waals surface area contributed by atoms with Gasteiger partial charge in [0, 0.05) is 30.9 Å². The van der Waals surface area contributed by atoms with Crippen LogP contribution in [0.1, 0.15) is 87.5 Å². The van der Waals surface area contributed by atoms with E-state index in [-0.39, 0.29) is 46.7 Å². The molecule has 1 unspecified atom stereocenters. The zero-order valence-electron chi connectivity index (χ0n) is 29.0. The number of benzene rings is 1. The number of hydrogen-bond acceptors (Lipinski definition) is 5. The van der Waals surface area contributed by atoms with Crippen LogP contribution in [0.4, 0.5) is 10.1 Å². The van der Waals surface area contributed by atoms with Gasteiger partial charge >= 0.3 is 0 Å². The average Bonchev–Trinajstić information content (AvgIpc) is 3.48. The third-order valence-electron chi connectivity index (χ3n) is 9.15. The Bertz CT molecular complexity index is 1310. The Morgan fingerprint density at radius 2 is 1.65 bits per heavy atom. The van der Waals surface area contributed by atoms with Crippen LogP contribution in [0.5, 0.6) is 0 Å². The zero-order chi connectivity index (χ0) is 34.5. The summed E-state index contributed by atoms with van der Waals surface area (Å²) in [6, 6.07) is 2.00. The Hall–Kier alpha value is -2.98. The smallest absolute Gasteiger partial charge is 0.249 e. The number of nitrogens with one attached hydrogen (secondary N) is 2. The summed E-state index contributed by atoms with van der Waals surface area (Å²) in [6.07, 6.45) is 5.74. The van der Waals surface area contributed by atoms with Gasteiger partial charge in [-0.3, -0.25) is 24.1 Å². The Labute approximate surface area is 279 Å². The van der Waals surface area contributed by atoms with Crippen molar-refractivity contribution in [2.24, 2.45) is 11.3 Å². The molecule has 2 aliphatic rings. The maximum atomic E-state index is 14.1. The fourth-order valence-electron chi connectivity index (χ4n) is 6.48. The lowest BCUT2D eigenvalue weighted by atomic mass is 9.84. The van der Waals surface area contributed by atoms with Crippen molar-refractivity contribution in [3.05, 3.63) is 40.7 Å². The fraction of sp³-hybridized carbons (Fsp3) is 0.657. The molecular weight excluding hydrogens is 609 g/mol. The molecule has 0 spiro atoms. The van der Waals surface area contributed by atoms with Gasteiger partial charge in [0.1, 0.15) is 17.9 Å². The van der Waals surface area contributed by atoms with E-state index in [2.05, 4.69) is 29.4 Å². The Morgan fingerprint density at radius 3 is 2.24 bits per heavy atom. The molecular formula is C35H53ClFN5O4. The highest BCUT2D eigenvalue weighted by Crippen LogP contribution is 2.27. The molecule has 2 heterocycles. The Morgan fingerprint density at radius 1 is 1.00 bits per heavy atom. The number of carbonyl (C=O) groups excluding carboxylic acids is 4. The van der Waals surface area contributed by atoms with Crippen LogP contribution in [-0.4, -0.2) is 88.7 Å². The van der Waals surface area contributed by atoms with Gasteiger partial charge in [-0.25, -0.2) is 4.39 Å². The lowest BCUT2D eigenvalue weighted by Crippen LogP contribution is -2.60. The van der Waals surface area contributed by atoms with E-state index in [1.165, 1.54) is 18.2 Å². The third kappa shape index (κ3) is 9.09. The molecule has 4 atom stereocenters. The third-order valence-corrected chi connectivity index (χ3v) is 9.44. The minimum atomic E-state index is -0.766. The predicted molar refractivity (Wildman–Crippen MR) is 181 cm³/mol. The molecule has 0 aliphatic carbocycles. The molecule has 2 fully saturated rings. The first-order valence-electron chi connectivity index (χ1n) is 16.5. The van der Waals surface area contributed by atoms with Gasteiger partial charge in [0.25, 0.3) is 0 Å². The van der Waals surface area contributed by atoms with Crippen LogP contribution in [-0.2, 0) is 19.2 Å². The number of nitrogens with zero attached hydrogens (tertiary/aromatic N) is 3. The van der Waals surface area contributed by atoms with Gasteiger partial charge < -0.3 is 20.4 Å². The molecule has 0 bridgehead atoms. The molecule has 9 nitrogen and oxygen atoms in total. The quantitative estimate of drug-likeness (QED) is 0.317. The number of halogens is 2. The van der Waals surface area contributed by atoms with Crippen molar-refractivity contribution in [1.29, 1.82) is 0 Å². The molecule has 2 aliphatic heterocycles. The summed E-state index contributed by atoms with van der Waals surface area (Å²) in [5.41, 5.74) is 0.220. The number of piperidine rings is 1. The largest absolute Gasteiger partial charge is 0.342 e. The molecule has 11 heteroatoms. The zero-order valence-corrected chi connectivity index (χ0v) is 29.7. The SMILES string of the molecule is C/C(=C\C(C(C)C)N(C)C(=O)[C@@H](NC(=O)[C@H]1CCCCN1C(C)C)C(C)(C)C)C(=O)N1CCC[C@H]1C(=O)Nc1ccc(F)c(Cl)c1. The van der Waals surface area contributed by atoms with Crippen molar-refractivity contribution in [3.63, 3.8) is 0 Å². The van der Waals surface area contributed by atoms with Crippen molar-refractivity contribution in [2.45, 2.75) is 118 Å². The fourth-order valence-corrected chi connectivity index (χ4v) is 6.66. The summed E-state index contributed by atoms with van der Waals surface area (Å²) in [5.74, 6) is -1.62. The lowest BCUT2D eigenvalue weighted by molar-refractivity contribution is -0.142. The topological polar surface area (TPSA) is 102 Å². The van der Waals surface area contributed by atoms with Crippen molar-refractivity contribution in [1.82, 2.24) is 20.0 Å². The van der Waals surface area contributed by atoms with Crippen molar-refractivity contribution >= 4 is 40.9 Å². The normalized spacial score (nSPS) is 20.9. The van der Waals surface area contributed by atoms with E-state index >= 15 is 0 Å². The molecule has 2 saturated heterocycles. The maximum Gasteiger partial charge on any atom is 0.249 e. The predicted octanol–water partition coefficient (Wildman–Crippen LogP) is 5.63. The number of carbonyl (C=O) groups is 4. The van der Waals surface area contributed by atoms with E-state index in [1.54, 1.807) is 29.8 Å². The Balaban J connectivity index is 1.78. The second-order valence-electron chi connectivity index (χ2n) is 14.5. The van der Waals surface area contributed by atoms with Crippen LogP contribution < -0.4 is 10.6 Å². The number of likely N-dealkylation sites (N-methyl/N-ethyl adjacent to an activating group) is 1. The van der Waals surface area contributed by atoms with Crippen LogP contribution in [0.3, 0.4) is 0 Å². The van der Waals surface area contributed by atoms with Crippen LogP contribution in [0.2, 0.25) is 5.02 Å². The van der Waals surface area contributed by atoms with Gasteiger partial charge in [0.15, 0.2) is 0 Å². The minimum absolute atomic E-state index is 0.0382. The molecule has 2 N–H and O–H groups in total. The number of amides is 4. The van der Waals surface area contributed by atoms with Gasteiger partial charge in [-0.2, -0.15) is 0 Å². The first-order valence-corrected chi connectivity index (χ1v) is 16.9. The molecule has 256 valence electrons. The number of anilines is 1. The van der Waals surface area contributed by atoms with E-state index in [0.717, 1.165) is 25.8 Å². The Kier molecular flexibility index (Phi) is 12.8. The second kappa shape index (κ2) is 15.7. The molecule has 1 aromatic rings. The first-order chi connectivity index (χ1) is 21.4. The van der Waals surface area contributed by atoms with Gasteiger partial charge in [0.05, 0.1) is 17.1 Å². The van der Waals surface area contributed by atoms with E-state index in [1.807, 2.05) is 34.6 Å². The summed E-state index contributed by atoms with van der Waals surface area (Å²) in [7, 11) is 1.72. The molecule has 0 aromatic heterocycles. The van der Waals surface area contributed by atoms with Gasteiger partial charge in [-0.05, 0) is 82.5 Å². The minimum Gasteiger partial charge on any atom is -0.342 e. The molecule has 46 heavy (non-hydrogen) atoms. The average molecular weight is 662 g/mol. The summed E-state index contributed by atoms with van der Waals surface area (Å²) in [5, 5.41) is 5.76. The van der Waals surface area contributed by atoms with E-state index in [9.17, 15) is 23.6 Å². The van der Waals surface area contributed by atoms with E-state index < -0.39 is 29.4 Å². The molecule has 4 amide bonds. The van der Waals surface area contributed by atoms with Crippen LogP contribution in [0, 0.1) is 17.2 Å². The highest BCUT2D eigenvalue weighted by Gasteiger charge is 2.40. The molecule has 0 saturated carbocycles. The molecule has 1 aromatic carbocycles. The number of likely N-dealkylation sites (tertiary alicyclic amines) is 2. The number of rotatable bonds is 10. The summed E-state index contributed by atoms with van der Waals surface area (Å²) < 4.78 is 13.6. The summed E-state index contributed by atoms with van der Waals surface area (Å²) in [4.78, 5) is 60.0. The standard InChI is InChI=1S/C35H53ClFN5O4/c1-21(2)29(40(9)34(46)30(35(6,7)8)39-32(44)27-13-10-11-17-41(27)22(3)4)19-23(5)33(45)42-18-12-14-28(42)31(43)38-24-15-16-26(37)25(36)20-24/h15-16,19-22,27-30H,10-14,17-18H2,1-9H3,(H,38,43)(H,39,44)/b23-19+/t27-,28+,29?,30-/m1/s1. The highest BCUT2D eigenvalue weighted by atomic mass is 35.5.